The van der Waals surface area contributed by atoms with Crippen LogP contribution in [0.4, 0.5) is 0 Å². The van der Waals surface area contributed by atoms with Gasteiger partial charge in [-0.3, -0.25) is 4.79 Å². The number of carbonyl (C=O) groups excluding carboxylic acids is 1. The van der Waals surface area contributed by atoms with Gasteiger partial charge in [-0.1, -0.05) is 33.1 Å². The second-order valence-corrected chi connectivity index (χ2v) is 6.21. The molecule has 5 nitrogen and oxygen atoms in total. The summed E-state index contributed by atoms with van der Waals surface area (Å²) >= 11 is 0. The van der Waals surface area contributed by atoms with E-state index in [1.807, 2.05) is 6.92 Å². The van der Waals surface area contributed by atoms with Gasteiger partial charge in [-0.15, -0.1) is 0 Å². The van der Waals surface area contributed by atoms with Crippen LogP contribution in [-0.4, -0.2) is 56.1 Å². The summed E-state index contributed by atoms with van der Waals surface area (Å²) in [6, 6.07) is 0. The molecule has 0 aromatic carbocycles. The molecule has 5 heteroatoms. The Kier molecular flexibility index (Phi) is 17.0. The zero-order valence-corrected chi connectivity index (χ0v) is 15.9. The minimum Gasteiger partial charge on any atom is -0.394 e. The largest absolute Gasteiger partial charge is 0.394 e. The highest BCUT2D eigenvalue weighted by Crippen LogP contribution is 2.21. The van der Waals surface area contributed by atoms with E-state index in [2.05, 4.69) is 13.8 Å². The van der Waals surface area contributed by atoms with E-state index in [9.17, 15) is 4.79 Å². The Labute approximate surface area is 148 Å². The van der Waals surface area contributed by atoms with Gasteiger partial charge in [0, 0.05) is 12.8 Å². The van der Waals surface area contributed by atoms with Crippen LogP contribution in [0.15, 0.2) is 0 Å². The smallest absolute Gasteiger partial charge is 0.134 e. The molecule has 1 atom stereocenters. The topological polar surface area (TPSA) is 65.0 Å². The van der Waals surface area contributed by atoms with Crippen molar-refractivity contribution in [2.45, 2.75) is 84.3 Å². The van der Waals surface area contributed by atoms with Crippen molar-refractivity contribution in [1.29, 1.82) is 0 Å². The van der Waals surface area contributed by atoms with Gasteiger partial charge in [-0.2, -0.15) is 0 Å². The average Bonchev–Trinajstić information content (AvgIpc) is 2.62. The first-order valence-corrected chi connectivity index (χ1v) is 9.57. The number of ketones is 1. The van der Waals surface area contributed by atoms with Gasteiger partial charge in [0.25, 0.3) is 0 Å². The number of ether oxygens (including phenoxy) is 3. The highest BCUT2D eigenvalue weighted by Gasteiger charge is 2.15. The molecule has 0 aromatic heterocycles. The lowest BCUT2D eigenvalue weighted by Crippen LogP contribution is -2.21. The second kappa shape index (κ2) is 17.3. The first kappa shape index (κ1) is 23.5. The van der Waals surface area contributed by atoms with Gasteiger partial charge in [-0.05, 0) is 26.2 Å². The molecule has 0 bridgehead atoms. The van der Waals surface area contributed by atoms with Crippen molar-refractivity contribution in [3.63, 3.8) is 0 Å². The molecule has 144 valence electrons. The highest BCUT2D eigenvalue weighted by molar-refractivity contribution is 5.78. The minimum absolute atomic E-state index is 0.0360. The van der Waals surface area contributed by atoms with Gasteiger partial charge in [0.15, 0.2) is 0 Å². The van der Waals surface area contributed by atoms with Crippen molar-refractivity contribution < 1.29 is 24.1 Å². The van der Waals surface area contributed by atoms with E-state index in [0.29, 0.717) is 51.5 Å². The molecule has 0 aromatic rings. The van der Waals surface area contributed by atoms with Crippen LogP contribution in [0.3, 0.4) is 0 Å². The van der Waals surface area contributed by atoms with Crippen molar-refractivity contribution in [3.8, 4) is 0 Å². The first-order valence-electron chi connectivity index (χ1n) is 9.57. The highest BCUT2D eigenvalue weighted by atomic mass is 16.5. The van der Waals surface area contributed by atoms with E-state index in [1.54, 1.807) is 0 Å². The molecule has 1 rings (SSSR count). The lowest BCUT2D eigenvalue weighted by Gasteiger charge is -2.25. The maximum Gasteiger partial charge on any atom is 0.134 e. The SMILES string of the molecule is CCC(=O)CCOCCOCCO.CCC(C)OC1CCCCC1. The molecule has 1 N–H and O–H groups in total. The maximum atomic E-state index is 10.8. The summed E-state index contributed by atoms with van der Waals surface area (Å²) in [5.41, 5.74) is 0. The molecule has 1 fully saturated rings. The zero-order chi connectivity index (χ0) is 18.0. The first-order chi connectivity index (χ1) is 11.6. The van der Waals surface area contributed by atoms with Gasteiger partial charge < -0.3 is 19.3 Å². The molecule has 1 aliphatic carbocycles. The molecule has 0 radical (unpaired) electrons. The minimum atomic E-state index is 0.0360. The molecule has 0 spiro atoms. The van der Waals surface area contributed by atoms with E-state index in [1.165, 1.54) is 32.1 Å². The number of Topliss-reactive ketones (excluding diaryl/α,β-unsaturated/α-hetero) is 1. The standard InChI is InChI=1S/C10H20O.C9H18O4/c1-3-9(2)11-10-7-5-4-6-8-10;1-2-9(11)3-5-12-7-8-13-6-4-10/h9-10H,3-8H2,1-2H3;10H,2-8H2,1H3. The summed E-state index contributed by atoms with van der Waals surface area (Å²) in [6.07, 6.45) is 10.0. The molecular weight excluding hydrogens is 308 g/mol. The molecule has 24 heavy (non-hydrogen) atoms. The fourth-order valence-corrected chi connectivity index (χ4v) is 2.38. The predicted molar refractivity (Wildman–Crippen MR) is 96.3 cm³/mol. The van der Waals surface area contributed by atoms with Gasteiger partial charge in [-0.25, -0.2) is 0 Å². The fourth-order valence-electron chi connectivity index (χ4n) is 2.38. The van der Waals surface area contributed by atoms with Crippen molar-refractivity contribution in [3.05, 3.63) is 0 Å². The number of aliphatic hydroxyl groups is 1. The second-order valence-electron chi connectivity index (χ2n) is 6.21. The molecule has 0 amide bonds. The van der Waals surface area contributed by atoms with Crippen LogP contribution in [0.5, 0.6) is 0 Å². The zero-order valence-electron chi connectivity index (χ0n) is 15.9. The quantitative estimate of drug-likeness (QED) is 0.548. The van der Waals surface area contributed by atoms with Crippen molar-refractivity contribution in [2.75, 3.05) is 33.0 Å². The van der Waals surface area contributed by atoms with Crippen LogP contribution in [-0.2, 0) is 19.0 Å². The summed E-state index contributed by atoms with van der Waals surface area (Å²) in [7, 11) is 0. The van der Waals surface area contributed by atoms with Crippen molar-refractivity contribution in [1.82, 2.24) is 0 Å². The Morgan fingerprint density at radius 3 is 2.21 bits per heavy atom. The Morgan fingerprint density at radius 1 is 1.04 bits per heavy atom. The van der Waals surface area contributed by atoms with Crippen molar-refractivity contribution in [2.24, 2.45) is 0 Å². The molecule has 0 heterocycles. The Hall–Kier alpha value is -0.490. The normalized spacial score (nSPS) is 16.3. The summed E-state index contributed by atoms with van der Waals surface area (Å²) in [6.45, 7) is 8.01. The van der Waals surface area contributed by atoms with Crippen LogP contribution in [0.2, 0.25) is 0 Å². The summed E-state index contributed by atoms with van der Waals surface area (Å²) in [5.74, 6) is 0.219. The van der Waals surface area contributed by atoms with E-state index >= 15 is 0 Å². The van der Waals surface area contributed by atoms with Crippen LogP contribution in [0.25, 0.3) is 0 Å². The van der Waals surface area contributed by atoms with E-state index in [-0.39, 0.29) is 12.4 Å². The Morgan fingerprint density at radius 2 is 1.67 bits per heavy atom. The molecular formula is C19H38O5. The molecule has 0 saturated heterocycles. The number of aliphatic hydroxyl groups excluding tert-OH is 1. The number of hydrogen-bond acceptors (Lipinski definition) is 5. The maximum absolute atomic E-state index is 10.8. The van der Waals surface area contributed by atoms with Crippen LogP contribution >= 0.6 is 0 Å². The van der Waals surface area contributed by atoms with Gasteiger partial charge in [0.2, 0.25) is 0 Å². The third-order valence-electron chi connectivity index (χ3n) is 4.08. The number of carbonyl (C=O) groups is 1. The van der Waals surface area contributed by atoms with E-state index < -0.39 is 0 Å². The van der Waals surface area contributed by atoms with Crippen molar-refractivity contribution >= 4 is 5.78 Å². The average molecular weight is 347 g/mol. The fraction of sp³-hybridized carbons (Fsp3) is 0.947. The molecule has 1 unspecified atom stereocenters. The summed E-state index contributed by atoms with van der Waals surface area (Å²) in [5, 5.41) is 8.36. The van der Waals surface area contributed by atoms with Crippen LogP contribution in [0, 0.1) is 0 Å². The lowest BCUT2D eigenvalue weighted by molar-refractivity contribution is -0.119. The third-order valence-corrected chi connectivity index (χ3v) is 4.08. The monoisotopic (exact) mass is 346 g/mol. The van der Waals surface area contributed by atoms with Crippen LogP contribution in [0.1, 0.15) is 72.1 Å². The summed E-state index contributed by atoms with van der Waals surface area (Å²) in [4.78, 5) is 10.8. The molecule has 0 aliphatic heterocycles. The predicted octanol–water partition coefficient (Wildman–Crippen LogP) is 3.52. The number of hydrogen-bond donors (Lipinski definition) is 1. The van der Waals surface area contributed by atoms with Crippen LogP contribution < -0.4 is 0 Å². The van der Waals surface area contributed by atoms with E-state index in [4.69, 9.17) is 19.3 Å². The van der Waals surface area contributed by atoms with E-state index in [0.717, 1.165) is 6.42 Å². The van der Waals surface area contributed by atoms with Gasteiger partial charge in [0.05, 0.1) is 45.2 Å². The van der Waals surface area contributed by atoms with Gasteiger partial charge >= 0.3 is 0 Å². The molecule has 1 saturated carbocycles. The summed E-state index contributed by atoms with van der Waals surface area (Å²) < 4.78 is 15.9. The third kappa shape index (κ3) is 15.1. The Balaban J connectivity index is 0.000000446. The molecule has 1 aliphatic rings. The number of rotatable bonds is 12. The lowest BCUT2D eigenvalue weighted by atomic mass is 9.97. The Bertz CT molecular complexity index is 277. The van der Waals surface area contributed by atoms with Gasteiger partial charge in [0.1, 0.15) is 5.78 Å².